The fourth-order valence-electron chi connectivity index (χ4n) is 3.92. The largest absolute Gasteiger partial charge is 0.383 e. The molecular weight excluding hydrogens is 336 g/mol. The molecule has 6 heteroatoms. The predicted molar refractivity (Wildman–Crippen MR) is 110 cm³/mol. The summed E-state index contributed by atoms with van der Waals surface area (Å²) in [7, 11) is 0. The number of nitrogen functional groups attached to an aromatic ring is 1. The molecule has 0 aliphatic carbocycles. The van der Waals surface area contributed by atoms with Crippen molar-refractivity contribution in [2.75, 3.05) is 24.1 Å². The van der Waals surface area contributed by atoms with Crippen LogP contribution in [0.25, 0.3) is 11.0 Å². The summed E-state index contributed by atoms with van der Waals surface area (Å²) in [5.74, 6) is 1.06. The number of anilines is 2. The van der Waals surface area contributed by atoms with Crippen molar-refractivity contribution < 1.29 is 0 Å². The van der Waals surface area contributed by atoms with Crippen molar-refractivity contribution in [3.8, 4) is 0 Å². The maximum Gasteiger partial charge on any atom is 0.226 e. The van der Waals surface area contributed by atoms with Gasteiger partial charge in [0.2, 0.25) is 5.95 Å². The van der Waals surface area contributed by atoms with E-state index in [-0.39, 0.29) is 0 Å². The Balaban J connectivity index is 1.50. The van der Waals surface area contributed by atoms with Gasteiger partial charge in [0.1, 0.15) is 5.82 Å². The molecule has 1 aromatic carbocycles. The molecule has 0 radical (unpaired) electrons. The van der Waals surface area contributed by atoms with Crippen molar-refractivity contribution in [1.29, 1.82) is 0 Å². The van der Waals surface area contributed by atoms with Crippen LogP contribution in [0.1, 0.15) is 29.7 Å². The Morgan fingerprint density at radius 3 is 2.78 bits per heavy atom. The number of aromatic nitrogens is 3. The smallest absolute Gasteiger partial charge is 0.226 e. The number of nitrogens with zero attached hydrogens (tertiary/aromatic N) is 4. The number of aryl methyl sites for hydroxylation is 2. The Hall–Kier alpha value is -2.73. The van der Waals surface area contributed by atoms with Gasteiger partial charge < -0.3 is 11.1 Å². The fraction of sp³-hybridized carbons (Fsp3) is 0.381. The first-order valence-electron chi connectivity index (χ1n) is 9.53. The topological polar surface area (TPSA) is 80.0 Å². The maximum absolute atomic E-state index is 6.20. The molecule has 6 nitrogen and oxygen atoms in total. The van der Waals surface area contributed by atoms with Crippen molar-refractivity contribution in [3.05, 3.63) is 53.2 Å². The van der Waals surface area contributed by atoms with E-state index in [1.165, 1.54) is 5.56 Å². The molecule has 0 unspecified atom stereocenters. The fourth-order valence-corrected chi connectivity index (χ4v) is 3.92. The molecule has 3 heterocycles. The van der Waals surface area contributed by atoms with Crippen molar-refractivity contribution in [3.63, 3.8) is 0 Å². The summed E-state index contributed by atoms with van der Waals surface area (Å²) in [6.07, 6.45) is 2.26. The SMILES string of the molecule is Cc1cc(C)c2c(N)nc(N[C@H]3CCCN(Cc4ccccc4)C3)nc2n1. The zero-order valence-corrected chi connectivity index (χ0v) is 15.9. The molecule has 27 heavy (non-hydrogen) atoms. The highest BCUT2D eigenvalue weighted by molar-refractivity contribution is 5.89. The van der Waals surface area contributed by atoms with Crippen LogP contribution in [-0.2, 0) is 6.54 Å². The zero-order valence-electron chi connectivity index (χ0n) is 15.9. The van der Waals surface area contributed by atoms with Gasteiger partial charge in [0.05, 0.1) is 5.39 Å². The highest BCUT2D eigenvalue weighted by atomic mass is 15.2. The molecule has 1 aliphatic heterocycles. The molecule has 2 aromatic heterocycles. The first-order valence-corrected chi connectivity index (χ1v) is 9.53. The third-order valence-corrected chi connectivity index (χ3v) is 5.11. The Kier molecular flexibility index (Phi) is 4.90. The van der Waals surface area contributed by atoms with Crippen LogP contribution in [-0.4, -0.2) is 39.0 Å². The minimum Gasteiger partial charge on any atom is -0.383 e. The van der Waals surface area contributed by atoms with E-state index in [2.05, 4.69) is 55.5 Å². The van der Waals surface area contributed by atoms with Crippen molar-refractivity contribution in [2.45, 2.75) is 39.3 Å². The monoisotopic (exact) mass is 362 g/mol. The van der Waals surface area contributed by atoms with E-state index in [1.807, 2.05) is 19.9 Å². The van der Waals surface area contributed by atoms with E-state index in [0.29, 0.717) is 23.5 Å². The van der Waals surface area contributed by atoms with Gasteiger partial charge in [-0.2, -0.15) is 9.97 Å². The lowest BCUT2D eigenvalue weighted by atomic mass is 10.0. The van der Waals surface area contributed by atoms with E-state index < -0.39 is 0 Å². The minimum atomic E-state index is 0.310. The average Bonchev–Trinajstić information content (AvgIpc) is 2.62. The van der Waals surface area contributed by atoms with E-state index in [4.69, 9.17) is 5.73 Å². The molecule has 1 aliphatic rings. The highest BCUT2D eigenvalue weighted by Gasteiger charge is 2.21. The van der Waals surface area contributed by atoms with Gasteiger partial charge in [0.25, 0.3) is 0 Å². The molecule has 4 rings (SSSR count). The maximum atomic E-state index is 6.20. The van der Waals surface area contributed by atoms with Crippen molar-refractivity contribution in [1.82, 2.24) is 19.9 Å². The van der Waals surface area contributed by atoms with Gasteiger partial charge in [-0.1, -0.05) is 30.3 Å². The summed E-state index contributed by atoms with van der Waals surface area (Å²) >= 11 is 0. The number of benzene rings is 1. The van der Waals surface area contributed by atoms with Crippen LogP contribution < -0.4 is 11.1 Å². The average molecular weight is 362 g/mol. The number of rotatable bonds is 4. The van der Waals surface area contributed by atoms with Crippen LogP contribution in [0.2, 0.25) is 0 Å². The van der Waals surface area contributed by atoms with Gasteiger partial charge in [-0.3, -0.25) is 4.90 Å². The molecule has 3 aromatic rings. The summed E-state index contributed by atoms with van der Waals surface area (Å²) in [5.41, 5.74) is 10.2. The molecule has 0 saturated carbocycles. The molecule has 0 bridgehead atoms. The van der Waals surface area contributed by atoms with Crippen molar-refractivity contribution in [2.24, 2.45) is 0 Å². The molecule has 1 saturated heterocycles. The van der Waals surface area contributed by atoms with Gasteiger partial charge in [-0.15, -0.1) is 0 Å². The quantitative estimate of drug-likeness (QED) is 0.741. The molecule has 140 valence electrons. The number of hydrogen-bond acceptors (Lipinski definition) is 6. The molecule has 0 spiro atoms. The number of pyridine rings is 1. The van der Waals surface area contributed by atoms with E-state index >= 15 is 0 Å². The van der Waals surface area contributed by atoms with Crippen LogP contribution in [0.5, 0.6) is 0 Å². The van der Waals surface area contributed by atoms with Crippen molar-refractivity contribution >= 4 is 22.8 Å². The lowest BCUT2D eigenvalue weighted by Crippen LogP contribution is -2.41. The standard InChI is InChI=1S/C21H26N6/c1-14-11-15(2)23-20-18(14)19(22)25-21(26-20)24-17-9-6-10-27(13-17)12-16-7-4-3-5-8-16/h3-5,7-8,11,17H,6,9-10,12-13H2,1-2H3,(H3,22,23,24,25,26)/t17-/m0/s1. The Morgan fingerprint density at radius 2 is 1.96 bits per heavy atom. The Morgan fingerprint density at radius 1 is 1.15 bits per heavy atom. The van der Waals surface area contributed by atoms with Crippen LogP contribution in [0.15, 0.2) is 36.4 Å². The summed E-state index contributed by atoms with van der Waals surface area (Å²) in [5, 5.41) is 4.33. The normalized spacial score (nSPS) is 17.9. The molecular formula is C21H26N6. The molecule has 1 atom stereocenters. The number of likely N-dealkylation sites (tertiary alicyclic amines) is 1. The van der Waals surface area contributed by atoms with Gasteiger partial charge in [0, 0.05) is 24.8 Å². The van der Waals surface area contributed by atoms with Gasteiger partial charge in [-0.25, -0.2) is 4.98 Å². The number of nitrogens with one attached hydrogen (secondary N) is 1. The van der Waals surface area contributed by atoms with Gasteiger partial charge in [-0.05, 0) is 50.4 Å². The Bertz CT molecular complexity index is 940. The third kappa shape index (κ3) is 4.01. The number of fused-ring (bicyclic) bond motifs is 1. The predicted octanol–water partition coefficient (Wildman–Crippen LogP) is 3.30. The van der Waals surface area contributed by atoms with E-state index in [1.54, 1.807) is 0 Å². The summed E-state index contributed by atoms with van der Waals surface area (Å²) in [4.78, 5) is 16.1. The van der Waals surface area contributed by atoms with Crippen LogP contribution >= 0.6 is 0 Å². The van der Waals surface area contributed by atoms with Crippen LogP contribution in [0, 0.1) is 13.8 Å². The first kappa shape index (κ1) is 17.7. The molecule has 3 N–H and O–H groups in total. The second-order valence-electron chi connectivity index (χ2n) is 7.42. The molecule has 1 fully saturated rings. The highest BCUT2D eigenvalue weighted by Crippen LogP contribution is 2.24. The van der Waals surface area contributed by atoms with E-state index in [0.717, 1.165) is 49.1 Å². The minimum absolute atomic E-state index is 0.310. The lowest BCUT2D eigenvalue weighted by Gasteiger charge is -2.33. The second kappa shape index (κ2) is 7.48. The third-order valence-electron chi connectivity index (χ3n) is 5.11. The van der Waals surface area contributed by atoms with Crippen LogP contribution in [0.4, 0.5) is 11.8 Å². The van der Waals surface area contributed by atoms with Gasteiger partial charge >= 0.3 is 0 Å². The number of piperidine rings is 1. The van der Waals surface area contributed by atoms with E-state index in [9.17, 15) is 0 Å². The summed E-state index contributed by atoms with van der Waals surface area (Å²) in [6, 6.07) is 12.9. The molecule has 0 amide bonds. The summed E-state index contributed by atoms with van der Waals surface area (Å²) in [6.45, 7) is 7.05. The summed E-state index contributed by atoms with van der Waals surface area (Å²) < 4.78 is 0. The lowest BCUT2D eigenvalue weighted by molar-refractivity contribution is 0.208. The first-order chi connectivity index (χ1) is 13.1. The number of nitrogens with two attached hydrogens (primary N) is 1. The zero-order chi connectivity index (χ0) is 18.8. The van der Waals surface area contributed by atoms with Gasteiger partial charge in [0.15, 0.2) is 5.65 Å². The van der Waals surface area contributed by atoms with Crippen LogP contribution in [0.3, 0.4) is 0 Å². The Labute approximate surface area is 159 Å². The number of hydrogen-bond donors (Lipinski definition) is 2. The second-order valence-corrected chi connectivity index (χ2v) is 7.42.